The van der Waals surface area contributed by atoms with E-state index in [-0.39, 0.29) is 5.92 Å². The molecule has 2 fully saturated rings. The molecule has 0 amide bonds. The van der Waals surface area contributed by atoms with Gasteiger partial charge in [0, 0.05) is 16.7 Å². The van der Waals surface area contributed by atoms with Crippen LogP contribution in [0.3, 0.4) is 0 Å². The van der Waals surface area contributed by atoms with E-state index < -0.39 is 11.4 Å². The van der Waals surface area contributed by atoms with Gasteiger partial charge in [0.05, 0.1) is 4.88 Å². The Morgan fingerprint density at radius 2 is 1.64 bits per heavy atom. The third kappa shape index (κ3) is 1.58. The van der Waals surface area contributed by atoms with Crippen LogP contribution in [0.4, 0.5) is 0 Å². The monoisotopic (exact) mass is 332 g/mol. The molecule has 2 aromatic heterocycles. The third-order valence-electron chi connectivity index (χ3n) is 5.57. The second-order valence-corrected chi connectivity index (χ2v) is 8.32. The highest BCUT2D eigenvalue weighted by Crippen LogP contribution is 2.65. The van der Waals surface area contributed by atoms with Crippen LogP contribution >= 0.6 is 22.7 Å². The number of thiophene rings is 2. The topological polar surface area (TPSA) is 18.5 Å². The van der Waals surface area contributed by atoms with E-state index in [4.69, 9.17) is 9.47 Å². The summed E-state index contributed by atoms with van der Waals surface area (Å²) in [4.78, 5) is 2.33. The Bertz CT molecular complexity index is 691. The van der Waals surface area contributed by atoms with E-state index in [1.807, 2.05) is 0 Å². The molecule has 2 bridgehead atoms. The summed E-state index contributed by atoms with van der Waals surface area (Å²) in [6, 6.07) is 8.39. The van der Waals surface area contributed by atoms with Crippen molar-refractivity contribution in [2.45, 2.75) is 32.2 Å². The minimum Gasteiger partial charge on any atom is -0.458 e. The zero-order valence-electron chi connectivity index (χ0n) is 13.0. The lowest BCUT2D eigenvalue weighted by Gasteiger charge is -2.47. The lowest BCUT2D eigenvalue weighted by molar-refractivity contribution is -0.280. The Morgan fingerprint density at radius 1 is 1.00 bits per heavy atom. The summed E-state index contributed by atoms with van der Waals surface area (Å²) in [7, 11) is 0. The van der Waals surface area contributed by atoms with Gasteiger partial charge in [0.1, 0.15) is 5.76 Å². The molecule has 0 saturated carbocycles. The second-order valence-electron chi connectivity index (χ2n) is 6.42. The Hall–Kier alpha value is -1.10. The predicted molar refractivity (Wildman–Crippen MR) is 90.8 cm³/mol. The molecule has 0 spiro atoms. The molecular formula is C18H20O2S2. The molecule has 2 aliphatic heterocycles. The molecule has 0 N–H and O–H groups in total. The number of ether oxygens (including phenoxy) is 2. The van der Waals surface area contributed by atoms with E-state index in [0.717, 1.165) is 10.6 Å². The minimum atomic E-state index is -0.693. The molecule has 2 aliphatic rings. The quantitative estimate of drug-likeness (QED) is 0.739. The van der Waals surface area contributed by atoms with Crippen molar-refractivity contribution in [3.63, 3.8) is 0 Å². The second kappa shape index (κ2) is 4.70. The standard InChI is InChI=1S/C18H20O2S2/c1-11-12(2)17(15-7-5-9-21-15)14(4)19-18(20-17,13(11)3)16-8-6-10-22-16/h5-13H,4H2,1-3H3. The molecule has 4 heteroatoms. The molecule has 4 heterocycles. The van der Waals surface area contributed by atoms with Gasteiger partial charge in [-0.25, -0.2) is 0 Å². The number of hydrogen-bond donors (Lipinski definition) is 0. The van der Waals surface area contributed by atoms with Crippen LogP contribution in [0.1, 0.15) is 30.5 Å². The van der Waals surface area contributed by atoms with Crippen LogP contribution in [0.25, 0.3) is 0 Å². The van der Waals surface area contributed by atoms with Gasteiger partial charge in [-0.1, -0.05) is 39.5 Å². The largest absolute Gasteiger partial charge is 0.458 e. The SMILES string of the molecule is C=C1OC2(c3cccs3)OC1(c1cccs1)C(C)C(C)C2C. The van der Waals surface area contributed by atoms with E-state index >= 15 is 0 Å². The van der Waals surface area contributed by atoms with Crippen molar-refractivity contribution in [1.82, 2.24) is 0 Å². The number of rotatable bonds is 2. The van der Waals surface area contributed by atoms with Crippen LogP contribution in [0.2, 0.25) is 0 Å². The summed E-state index contributed by atoms with van der Waals surface area (Å²) in [5, 5.41) is 4.18. The summed E-state index contributed by atoms with van der Waals surface area (Å²) < 4.78 is 13.2. The van der Waals surface area contributed by atoms with Crippen molar-refractivity contribution >= 4 is 22.7 Å². The summed E-state index contributed by atoms with van der Waals surface area (Å²) >= 11 is 3.42. The van der Waals surface area contributed by atoms with E-state index in [9.17, 15) is 0 Å². The fourth-order valence-corrected chi connectivity index (χ4v) is 5.83. The summed E-state index contributed by atoms with van der Waals surface area (Å²) in [5.74, 6) is 1.13. The van der Waals surface area contributed by atoms with E-state index in [1.54, 1.807) is 22.7 Å². The fourth-order valence-electron chi connectivity index (χ4n) is 3.96. The molecule has 4 rings (SSSR count). The highest BCUT2D eigenvalue weighted by atomic mass is 32.1. The molecule has 5 atom stereocenters. The maximum absolute atomic E-state index is 6.77. The van der Waals surface area contributed by atoms with Gasteiger partial charge >= 0.3 is 0 Å². The number of fused-ring (bicyclic) bond motifs is 2. The van der Waals surface area contributed by atoms with Gasteiger partial charge < -0.3 is 9.47 Å². The molecule has 2 saturated heterocycles. The average Bonchev–Trinajstić information content (AvgIpc) is 3.23. The van der Waals surface area contributed by atoms with Crippen molar-refractivity contribution in [3.8, 4) is 0 Å². The molecule has 116 valence electrons. The Morgan fingerprint density at radius 3 is 2.23 bits per heavy atom. The van der Waals surface area contributed by atoms with Gasteiger partial charge in [-0.2, -0.15) is 0 Å². The first-order valence-corrected chi connectivity index (χ1v) is 9.45. The first kappa shape index (κ1) is 14.5. The maximum Gasteiger partial charge on any atom is 0.250 e. The first-order chi connectivity index (χ1) is 10.5. The maximum atomic E-state index is 6.77. The molecule has 0 aliphatic carbocycles. The molecule has 22 heavy (non-hydrogen) atoms. The molecule has 5 unspecified atom stereocenters. The van der Waals surface area contributed by atoms with Crippen molar-refractivity contribution in [2.75, 3.05) is 0 Å². The van der Waals surface area contributed by atoms with Crippen molar-refractivity contribution in [3.05, 3.63) is 57.1 Å². The van der Waals surface area contributed by atoms with E-state index in [1.165, 1.54) is 4.88 Å². The zero-order valence-corrected chi connectivity index (χ0v) is 14.7. The smallest absolute Gasteiger partial charge is 0.250 e. The Kier molecular flexibility index (Phi) is 3.09. The predicted octanol–water partition coefficient (Wildman–Crippen LogP) is 5.34. The van der Waals surface area contributed by atoms with Crippen LogP contribution in [0.5, 0.6) is 0 Å². The van der Waals surface area contributed by atoms with Crippen LogP contribution in [-0.2, 0) is 20.9 Å². The fraction of sp³-hybridized carbons (Fsp3) is 0.444. The summed E-state index contributed by atoms with van der Waals surface area (Å²) in [6.07, 6.45) is 0. The average molecular weight is 332 g/mol. The van der Waals surface area contributed by atoms with Gasteiger partial charge in [-0.15, -0.1) is 22.7 Å². The molecule has 0 radical (unpaired) electrons. The Balaban J connectivity index is 1.93. The van der Waals surface area contributed by atoms with Crippen LogP contribution in [0.15, 0.2) is 47.4 Å². The van der Waals surface area contributed by atoms with Crippen LogP contribution in [0, 0.1) is 17.8 Å². The molecule has 2 nitrogen and oxygen atoms in total. The minimum absolute atomic E-state index is 0.272. The first-order valence-electron chi connectivity index (χ1n) is 7.69. The zero-order chi connectivity index (χ0) is 15.5. The molecular weight excluding hydrogens is 312 g/mol. The van der Waals surface area contributed by atoms with Crippen molar-refractivity contribution in [1.29, 1.82) is 0 Å². The third-order valence-corrected chi connectivity index (χ3v) is 7.53. The molecule has 2 aromatic rings. The van der Waals surface area contributed by atoms with Gasteiger partial charge in [0.2, 0.25) is 5.79 Å². The van der Waals surface area contributed by atoms with Crippen molar-refractivity contribution < 1.29 is 9.47 Å². The van der Waals surface area contributed by atoms with Crippen molar-refractivity contribution in [2.24, 2.45) is 17.8 Å². The highest BCUT2D eigenvalue weighted by Gasteiger charge is 2.67. The van der Waals surface area contributed by atoms with E-state index in [2.05, 4.69) is 62.4 Å². The number of hydrogen-bond acceptors (Lipinski definition) is 4. The molecule has 0 aromatic carbocycles. The van der Waals surface area contributed by atoms with Gasteiger partial charge in [-0.3, -0.25) is 0 Å². The summed E-state index contributed by atoms with van der Waals surface area (Å²) in [5.41, 5.74) is -0.524. The summed E-state index contributed by atoms with van der Waals surface area (Å²) in [6.45, 7) is 11.1. The van der Waals surface area contributed by atoms with Gasteiger partial charge in [-0.05, 0) is 28.8 Å². The lowest BCUT2D eigenvalue weighted by atomic mass is 9.69. The lowest BCUT2D eigenvalue weighted by Crippen LogP contribution is -2.51. The highest BCUT2D eigenvalue weighted by molar-refractivity contribution is 7.10. The normalized spacial score (nSPS) is 40.7. The Labute approximate surface area is 139 Å². The van der Waals surface area contributed by atoms with Crippen LogP contribution < -0.4 is 0 Å². The van der Waals surface area contributed by atoms with Gasteiger partial charge in [0.25, 0.3) is 0 Å². The van der Waals surface area contributed by atoms with Gasteiger partial charge in [0.15, 0.2) is 5.60 Å². The van der Waals surface area contributed by atoms with Crippen LogP contribution in [-0.4, -0.2) is 0 Å². The van der Waals surface area contributed by atoms with E-state index in [0.29, 0.717) is 11.8 Å².